The van der Waals surface area contributed by atoms with Crippen molar-refractivity contribution in [3.8, 4) is 5.75 Å². The van der Waals surface area contributed by atoms with Gasteiger partial charge in [0.05, 0.1) is 11.5 Å². The predicted octanol–water partition coefficient (Wildman–Crippen LogP) is 4.81. The molecule has 1 amide bonds. The van der Waals surface area contributed by atoms with Crippen LogP contribution in [-0.4, -0.2) is 35.9 Å². The van der Waals surface area contributed by atoms with Crippen LogP contribution in [0.4, 0.5) is 0 Å². The number of benzene rings is 1. The third-order valence-corrected chi connectivity index (χ3v) is 5.27. The Balaban J connectivity index is 2.44. The van der Waals surface area contributed by atoms with Crippen LogP contribution in [0.15, 0.2) is 28.6 Å². The van der Waals surface area contributed by atoms with Gasteiger partial charge in [-0.3, -0.25) is 14.4 Å². The maximum absolute atomic E-state index is 12.8. The third-order valence-electron chi connectivity index (χ3n) is 4.47. The summed E-state index contributed by atoms with van der Waals surface area (Å²) in [5, 5.41) is 1.77. The molecule has 0 unspecified atom stereocenters. The van der Waals surface area contributed by atoms with Gasteiger partial charge in [-0.1, -0.05) is 39.5 Å². The lowest BCUT2D eigenvalue weighted by Crippen LogP contribution is -2.33. The summed E-state index contributed by atoms with van der Waals surface area (Å²) in [4.78, 5) is 38.1. The minimum atomic E-state index is -0.448. The van der Waals surface area contributed by atoms with Gasteiger partial charge in [-0.25, -0.2) is 0 Å². The summed E-state index contributed by atoms with van der Waals surface area (Å²) in [5.41, 5.74) is 2.67. The monoisotopic (exact) mass is 431 g/mol. The summed E-state index contributed by atoms with van der Waals surface area (Å²) >= 11 is 1.31. The van der Waals surface area contributed by atoms with Gasteiger partial charge in [0.25, 0.3) is 5.91 Å². The third kappa shape index (κ3) is 5.98. The SMILES string of the molecule is CCOC(=O)CN1C=CS/C(=C\c2cc(C(C)C)c(OC(C)=O)c(C(C)C)c2)C1=O. The van der Waals surface area contributed by atoms with E-state index >= 15 is 0 Å². The summed E-state index contributed by atoms with van der Waals surface area (Å²) in [6, 6.07) is 3.90. The van der Waals surface area contributed by atoms with E-state index in [9.17, 15) is 14.4 Å². The Labute approximate surface area is 182 Å². The molecular formula is C23H29NO5S. The van der Waals surface area contributed by atoms with E-state index in [0.29, 0.717) is 10.7 Å². The molecule has 0 fully saturated rings. The molecule has 0 N–H and O–H groups in total. The second kappa shape index (κ2) is 10.5. The lowest BCUT2D eigenvalue weighted by molar-refractivity contribution is -0.146. The van der Waals surface area contributed by atoms with Crippen LogP contribution in [0.5, 0.6) is 5.75 Å². The first kappa shape index (κ1) is 23.7. The average Bonchev–Trinajstić information content (AvgIpc) is 2.65. The Morgan fingerprint density at radius 3 is 2.23 bits per heavy atom. The molecule has 2 rings (SSSR count). The summed E-state index contributed by atoms with van der Waals surface area (Å²) in [7, 11) is 0. The fourth-order valence-electron chi connectivity index (χ4n) is 3.06. The molecule has 0 aromatic heterocycles. The van der Waals surface area contributed by atoms with Gasteiger partial charge >= 0.3 is 11.9 Å². The molecule has 1 aliphatic heterocycles. The van der Waals surface area contributed by atoms with Gasteiger partial charge in [0.15, 0.2) is 0 Å². The number of ether oxygens (including phenoxy) is 2. The second-order valence-electron chi connectivity index (χ2n) is 7.58. The number of nitrogens with zero attached hydrogens (tertiary/aromatic N) is 1. The maximum atomic E-state index is 12.8. The first-order valence-electron chi connectivity index (χ1n) is 10.0. The van der Waals surface area contributed by atoms with Gasteiger partial charge in [-0.05, 0) is 59.1 Å². The molecule has 1 aliphatic rings. The fraction of sp³-hybridized carbons (Fsp3) is 0.435. The maximum Gasteiger partial charge on any atom is 0.326 e. The Bertz CT molecular complexity index is 857. The summed E-state index contributed by atoms with van der Waals surface area (Å²) in [5.74, 6) is -0.201. The van der Waals surface area contributed by atoms with Crippen LogP contribution in [0.25, 0.3) is 6.08 Å². The van der Waals surface area contributed by atoms with Crippen molar-refractivity contribution in [2.75, 3.05) is 13.2 Å². The van der Waals surface area contributed by atoms with Crippen LogP contribution in [0, 0.1) is 0 Å². The summed E-state index contributed by atoms with van der Waals surface area (Å²) in [6.45, 7) is 11.4. The first-order chi connectivity index (χ1) is 14.1. The number of esters is 2. The lowest BCUT2D eigenvalue weighted by atomic mass is 9.91. The highest BCUT2D eigenvalue weighted by Gasteiger charge is 2.24. The largest absolute Gasteiger partial charge is 0.465 e. The van der Waals surface area contributed by atoms with E-state index in [1.54, 1.807) is 18.5 Å². The van der Waals surface area contributed by atoms with Crippen molar-refractivity contribution in [1.82, 2.24) is 4.90 Å². The molecule has 1 heterocycles. The predicted molar refractivity (Wildman–Crippen MR) is 119 cm³/mol. The Morgan fingerprint density at radius 1 is 1.13 bits per heavy atom. The molecule has 6 nitrogen and oxygen atoms in total. The Morgan fingerprint density at radius 2 is 1.73 bits per heavy atom. The Hall–Kier alpha value is -2.54. The van der Waals surface area contributed by atoms with Crippen molar-refractivity contribution < 1.29 is 23.9 Å². The topological polar surface area (TPSA) is 72.9 Å². The van der Waals surface area contributed by atoms with E-state index in [1.807, 2.05) is 45.9 Å². The molecule has 1 aromatic carbocycles. The molecule has 162 valence electrons. The van der Waals surface area contributed by atoms with E-state index in [2.05, 4.69) is 0 Å². The van der Waals surface area contributed by atoms with Crippen LogP contribution >= 0.6 is 11.8 Å². The first-order valence-corrected chi connectivity index (χ1v) is 10.9. The van der Waals surface area contributed by atoms with Gasteiger partial charge in [0, 0.05) is 13.1 Å². The molecule has 0 bridgehead atoms. The van der Waals surface area contributed by atoms with Gasteiger partial charge in [-0.15, -0.1) is 0 Å². The number of hydrogen-bond acceptors (Lipinski definition) is 6. The van der Waals surface area contributed by atoms with E-state index in [0.717, 1.165) is 16.7 Å². The quantitative estimate of drug-likeness (QED) is 0.350. The van der Waals surface area contributed by atoms with Crippen molar-refractivity contribution in [3.63, 3.8) is 0 Å². The number of rotatable bonds is 7. The Kier molecular flexibility index (Phi) is 8.29. The molecule has 0 saturated heterocycles. The highest BCUT2D eigenvalue weighted by molar-refractivity contribution is 8.06. The van der Waals surface area contributed by atoms with E-state index in [-0.39, 0.29) is 36.9 Å². The highest BCUT2D eigenvalue weighted by Crippen LogP contribution is 2.37. The zero-order valence-electron chi connectivity index (χ0n) is 18.4. The van der Waals surface area contributed by atoms with Crippen molar-refractivity contribution in [1.29, 1.82) is 0 Å². The smallest absolute Gasteiger partial charge is 0.326 e. The number of thioether (sulfide) groups is 1. The number of carbonyl (C=O) groups is 3. The van der Waals surface area contributed by atoms with Crippen LogP contribution < -0.4 is 4.74 Å². The van der Waals surface area contributed by atoms with Gasteiger partial charge < -0.3 is 14.4 Å². The highest BCUT2D eigenvalue weighted by atomic mass is 32.2. The molecule has 7 heteroatoms. The summed E-state index contributed by atoms with van der Waals surface area (Å²) < 4.78 is 10.5. The zero-order chi connectivity index (χ0) is 22.4. The zero-order valence-corrected chi connectivity index (χ0v) is 19.2. The van der Waals surface area contributed by atoms with Gasteiger partial charge in [0.1, 0.15) is 12.3 Å². The lowest BCUT2D eigenvalue weighted by Gasteiger charge is -2.23. The van der Waals surface area contributed by atoms with Crippen molar-refractivity contribution in [3.05, 3.63) is 45.3 Å². The van der Waals surface area contributed by atoms with E-state index < -0.39 is 5.97 Å². The fourth-order valence-corrected chi connectivity index (χ4v) is 3.83. The molecular weight excluding hydrogens is 402 g/mol. The molecule has 0 aliphatic carbocycles. The van der Waals surface area contributed by atoms with Crippen LogP contribution in [0.2, 0.25) is 0 Å². The van der Waals surface area contributed by atoms with Gasteiger partial charge in [-0.2, -0.15) is 0 Å². The number of hydrogen-bond donors (Lipinski definition) is 0. The average molecular weight is 432 g/mol. The molecule has 0 radical (unpaired) electrons. The van der Waals surface area contributed by atoms with Crippen LogP contribution in [0.3, 0.4) is 0 Å². The molecule has 0 spiro atoms. The molecule has 0 atom stereocenters. The molecule has 1 aromatic rings. The minimum absolute atomic E-state index is 0.124. The van der Waals surface area contributed by atoms with E-state index in [1.165, 1.54) is 23.6 Å². The number of amides is 1. The van der Waals surface area contributed by atoms with E-state index in [4.69, 9.17) is 9.47 Å². The normalized spacial score (nSPS) is 15.3. The van der Waals surface area contributed by atoms with Gasteiger partial charge in [0.2, 0.25) is 0 Å². The van der Waals surface area contributed by atoms with Crippen molar-refractivity contribution in [2.24, 2.45) is 0 Å². The van der Waals surface area contributed by atoms with Crippen molar-refractivity contribution >= 4 is 35.7 Å². The minimum Gasteiger partial charge on any atom is -0.465 e. The molecule has 30 heavy (non-hydrogen) atoms. The van der Waals surface area contributed by atoms with Crippen LogP contribution in [0.1, 0.15) is 70.1 Å². The number of carbonyl (C=O) groups excluding carboxylic acids is 3. The summed E-state index contributed by atoms with van der Waals surface area (Å²) in [6.07, 6.45) is 3.40. The molecule has 0 saturated carbocycles. The second-order valence-corrected chi connectivity index (χ2v) is 8.53. The standard InChI is InChI=1S/C23H29NO5S/c1-7-28-21(26)13-24-8-9-30-20(23(24)27)12-17-10-18(14(2)3)22(29-16(6)25)19(11-17)15(4)5/h8-12,14-15H,7,13H2,1-6H3/b20-12-. The van der Waals surface area contributed by atoms with Crippen LogP contribution in [-0.2, 0) is 19.1 Å². The van der Waals surface area contributed by atoms with Crippen molar-refractivity contribution in [2.45, 2.75) is 53.4 Å².